The number of fused-ring (bicyclic) bond motifs is 1. The predicted molar refractivity (Wildman–Crippen MR) is 108 cm³/mol. The van der Waals surface area contributed by atoms with Crippen molar-refractivity contribution in [1.82, 2.24) is 29.0 Å². The van der Waals surface area contributed by atoms with E-state index in [2.05, 4.69) is 19.7 Å². The van der Waals surface area contributed by atoms with Gasteiger partial charge in [-0.1, -0.05) is 20.3 Å². The van der Waals surface area contributed by atoms with Crippen molar-refractivity contribution in [3.63, 3.8) is 0 Å². The number of nitrogen functional groups attached to an aromatic ring is 1. The first-order chi connectivity index (χ1) is 14.6. The highest BCUT2D eigenvalue weighted by molar-refractivity contribution is 7.88. The number of aliphatic hydroxyl groups is 2. The molecule has 0 spiro atoms. The number of anilines is 1. The van der Waals surface area contributed by atoms with E-state index in [1.165, 1.54) is 17.2 Å². The van der Waals surface area contributed by atoms with E-state index in [9.17, 15) is 23.4 Å². The second kappa shape index (κ2) is 8.97. The lowest BCUT2D eigenvalue weighted by molar-refractivity contribution is -0.121. The van der Waals surface area contributed by atoms with Gasteiger partial charge in [0.25, 0.3) is 5.91 Å². The second-order valence-electron chi connectivity index (χ2n) is 7.36. The summed E-state index contributed by atoms with van der Waals surface area (Å²) in [5.41, 5.74) is 12.0. The molecule has 1 fully saturated rings. The smallest absolute Gasteiger partial charge is 0.301 e. The molecule has 172 valence electrons. The molecule has 15 heteroatoms. The number of amides is 1. The number of nitrogens with one attached hydrogen (secondary N) is 2. The molecule has 1 saturated heterocycles. The van der Waals surface area contributed by atoms with Crippen molar-refractivity contribution in [3.8, 4) is 0 Å². The largest absolute Gasteiger partial charge is 0.387 e. The molecule has 31 heavy (non-hydrogen) atoms. The van der Waals surface area contributed by atoms with Crippen molar-refractivity contribution in [2.75, 3.05) is 12.3 Å². The minimum absolute atomic E-state index is 0.132. The number of carbonyl (C=O) groups excluding carboxylic acids is 1. The van der Waals surface area contributed by atoms with Crippen molar-refractivity contribution < 1.29 is 28.2 Å². The lowest BCUT2D eigenvalue weighted by Crippen LogP contribution is -2.51. The van der Waals surface area contributed by atoms with Crippen LogP contribution in [0.5, 0.6) is 0 Å². The minimum atomic E-state index is -4.27. The molecule has 2 aromatic heterocycles. The number of hydrogen-bond donors (Lipinski definition) is 6. The van der Waals surface area contributed by atoms with Crippen molar-refractivity contribution >= 4 is 33.1 Å². The highest BCUT2D eigenvalue weighted by Crippen LogP contribution is 2.31. The van der Waals surface area contributed by atoms with Crippen LogP contribution in [0, 0.1) is 5.92 Å². The van der Waals surface area contributed by atoms with Gasteiger partial charge in [-0.2, -0.15) is 13.1 Å². The van der Waals surface area contributed by atoms with Crippen LogP contribution in [0.4, 0.5) is 5.82 Å². The zero-order valence-electron chi connectivity index (χ0n) is 16.9. The van der Waals surface area contributed by atoms with E-state index >= 15 is 0 Å². The zero-order chi connectivity index (χ0) is 22.9. The fourth-order valence-corrected chi connectivity index (χ4v) is 3.98. The zero-order valence-corrected chi connectivity index (χ0v) is 17.7. The van der Waals surface area contributed by atoms with Crippen LogP contribution in [0.1, 0.15) is 26.5 Å². The van der Waals surface area contributed by atoms with Gasteiger partial charge < -0.3 is 26.4 Å². The van der Waals surface area contributed by atoms with Gasteiger partial charge in [-0.05, 0) is 5.92 Å². The Bertz CT molecular complexity index is 1050. The lowest BCUT2D eigenvalue weighted by atomic mass is 10.00. The number of carbonyl (C=O) groups is 1. The van der Waals surface area contributed by atoms with Crippen molar-refractivity contribution in [1.29, 1.82) is 0 Å². The molecule has 6 atom stereocenters. The van der Waals surface area contributed by atoms with E-state index in [0.717, 1.165) is 0 Å². The van der Waals surface area contributed by atoms with Crippen LogP contribution >= 0.6 is 0 Å². The van der Waals surface area contributed by atoms with E-state index in [1.807, 2.05) is 11.6 Å². The van der Waals surface area contributed by atoms with Gasteiger partial charge in [0.15, 0.2) is 17.7 Å². The molecule has 0 radical (unpaired) electrons. The van der Waals surface area contributed by atoms with Gasteiger partial charge in [-0.25, -0.2) is 19.7 Å². The molecule has 1 amide bonds. The summed E-state index contributed by atoms with van der Waals surface area (Å²) in [7, 11) is -4.27. The summed E-state index contributed by atoms with van der Waals surface area (Å²) in [5.74, 6) is -0.934. The third-order valence-corrected chi connectivity index (χ3v) is 6.28. The van der Waals surface area contributed by atoms with Crippen LogP contribution in [0.2, 0.25) is 0 Å². The Morgan fingerprint density at radius 1 is 1.32 bits per heavy atom. The average Bonchev–Trinajstić information content (AvgIpc) is 3.27. The highest BCUT2D eigenvalue weighted by atomic mass is 32.2. The third-order valence-electron chi connectivity index (χ3n) is 5.27. The summed E-state index contributed by atoms with van der Waals surface area (Å²) in [6, 6.07) is -0.995. The monoisotopic (exact) mass is 458 g/mol. The summed E-state index contributed by atoms with van der Waals surface area (Å²) in [6.45, 7) is 3.14. The maximum Gasteiger partial charge on any atom is 0.301 e. The molecule has 0 saturated carbocycles. The standard InChI is InChI=1S/C16H26N8O6S/c1-3-7(2)9(17)15(27)23-31(28,29)22-4-8-11(25)12(26)16(30-8)24-6-21-10-13(18)19-5-20-14(10)24/h5-9,11-12,16,22,25-26H,3-4,17H2,1-2H3,(H,23,27)(H2,18,19,20). The molecule has 3 rings (SSSR count). The maximum absolute atomic E-state index is 12.2. The third kappa shape index (κ3) is 4.76. The molecule has 2 aromatic rings. The predicted octanol–water partition coefficient (Wildman–Crippen LogP) is -2.65. The number of imidazole rings is 1. The molecule has 3 heterocycles. The average molecular weight is 459 g/mol. The van der Waals surface area contributed by atoms with Gasteiger partial charge in [-0.15, -0.1) is 0 Å². The fourth-order valence-electron chi connectivity index (χ4n) is 3.12. The Kier molecular flexibility index (Phi) is 6.73. The topological polar surface area (TPSA) is 221 Å². The molecule has 0 aromatic carbocycles. The first kappa shape index (κ1) is 23.2. The number of hydrogen-bond acceptors (Lipinski definition) is 11. The van der Waals surface area contributed by atoms with Crippen molar-refractivity contribution in [2.45, 2.75) is 50.8 Å². The summed E-state index contributed by atoms with van der Waals surface area (Å²) >= 11 is 0. The maximum atomic E-state index is 12.2. The van der Waals surface area contributed by atoms with E-state index < -0.39 is 53.2 Å². The van der Waals surface area contributed by atoms with Gasteiger partial charge >= 0.3 is 10.2 Å². The lowest BCUT2D eigenvalue weighted by Gasteiger charge is -2.19. The van der Waals surface area contributed by atoms with Crippen LogP contribution in [-0.4, -0.2) is 75.0 Å². The molecular weight excluding hydrogens is 432 g/mol. The molecule has 8 N–H and O–H groups in total. The molecule has 14 nitrogen and oxygen atoms in total. The Morgan fingerprint density at radius 3 is 2.71 bits per heavy atom. The van der Waals surface area contributed by atoms with Gasteiger partial charge in [0.1, 0.15) is 30.2 Å². The first-order valence-corrected chi connectivity index (χ1v) is 11.1. The molecule has 6 unspecified atom stereocenters. The first-order valence-electron chi connectivity index (χ1n) is 9.57. The van der Waals surface area contributed by atoms with Gasteiger partial charge in [0.05, 0.1) is 12.4 Å². The quantitative estimate of drug-likeness (QED) is 0.240. The number of ether oxygens (including phenoxy) is 1. The van der Waals surface area contributed by atoms with Gasteiger partial charge in [0, 0.05) is 6.54 Å². The van der Waals surface area contributed by atoms with E-state index in [1.54, 1.807) is 6.92 Å². The second-order valence-corrected chi connectivity index (χ2v) is 8.86. The van der Waals surface area contributed by atoms with E-state index in [4.69, 9.17) is 16.2 Å². The Morgan fingerprint density at radius 2 is 2.03 bits per heavy atom. The van der Waals surface area contributed by atoms with E-state index in [-0.39, 0.29) is 22.9 Å². The summed E-state index contributed by atoms with van der Waals surface area (Å²) in [4.78, 5) is 24.0. The van der Waals surface area contributed by atoms with Crippen LogP contribution < -0.4 is 20.9 Å². The van der Waals surface area contributed by atoms with Gasteiger partial charge in [0.2, 0.25) is 0 Å². The Labute approximate surface area is 178 Å². The number of aliphatic hydroxyl groups excluding tert-OH is 2. The normalized spacial score (nSPS) is 26.1. The summed E-state index contributed by atoms with van der Waals surface area (Å²) in [5, 5.41) is 20.7. The van der Waals surface area contributed by atoms with Crippen LogP contribution in [-0.2, 0) is 19.7 Å². The SMILES string of the molecule is CCC(C)C(N)C(=O)NS(=O)(=O)NCC1OC(n2cnc3c(N)ncnc32)C(O)C1O. The Balaban J connectivity index is 1.66. The number of rotatable bonds is 8. The van der Waals surface area contributed by atoms with Crippen LogP contribution in [0.3, 0.4) is 0 Å². The molecule has 1 aliphatic heterocycles. The number of aromatic nitrogens is 4. The Hall–Kier alpha value is -2.43. The minimum Gasteiger partial charge on any atom is -0.387 e. The van der Waals surface area contributed by atoms with Gasteiger partial charge in [-0.3, -0.25) is 9.36 Å². The highest BCUT2D eigenvalue weighted by Gasteiger charge is 2.44. The van der Waals surface area contributed by atoms with Crippen LogP contribution in [0.15, 0.2) is 12.7 Å². The van der Waals surface area contributed by atoms with Crippen molar-refractivity contribution in [2.24, 2.45) is 11.7 Å². The van der Waals surface area contributed by atoms with Crippen molar-refractivity contribution in [3.05, 3.63) is 12.7 Å². The van der Waals surface area contributed by atoms with E-state index in [0.29, 0.717) is 6.42 Å². The summed E-state index contributed by atoms with van der Waals surface area (Å²) in [6.07, 6.45) is -1.92. The molecule has 1 aliphatic rings. The number of nitrogens with two attached hydrogens (primary N) is 2. The van der Waals surface area contributed by atoms with Crippen LogP contribution in [0.25, 0.3) is 11.2 Å². The summed E-state index contributed by atoms with van der Waals surface area (Å²) < 4.78 is 35.3. The fraction of sp³-hybridized carbons (Fsp3) is 0.625. The number of nitrogens with zero attached hydrogens (tertiary/aromatic N) is 4. The molecule has 0 bridgehead atoms. The molecular formula is C16H26N8O6S. The molecule has 0 aliphatic carbocycles.